The van der Waals surface area contributed by atoms with E-state index in [2.05, 4.69) is 10.6 Å². The summed E-state index contributed by atoms with van der Waals surface area (Å²) in [5, 5.41) is 6.26. The van der Waals surface area contributed by atoms with Gasteiger partial charge in [-0.1, -0.05) is 60.1 Å². The van der Waals surface area contributed by atoms with Gasteiger partial charge in [-0.25, -0.2) is 0 Å². The van der Waals surface area contributed by atoms with E-state index in [0.29, 0.717) is 24.6 Å². The first-order valence-electron chi connectivity index (χ1n) is 8.55. The number of rotatable bonds is 8. The third kappa shape index (κ3) is 8.19. The number of amides is 1. The number of carbonyl (C=O) groups excluding carboxylic acids is 2. The molecule has 0 aromatic heterocycles. The Labute approximate surface area is 169 Å². The Balaban J connectivity index is 1.60. The van der Waals surface area contributed by atoms with Crippen LogP contribution in [0.2, 0.25) is 5.02 Å². The van der Waals surface area contributed by atoms with Gasteiger partial charge in [0, 0.05) is 24.4 Å². The van der Waals surface area contributed by atoms with Gasteiger partial charge >= 0.3 is 5.97 Å². The SMILES string of the molecule is O=C(CCC(=O)OCCc1ccccc1)NC(=S)NCc1ccccc1Cl. The predicted octanol–water partition coefficient (Wildman–Crippen LogP) is 3.40. The van der Waals surface area contributed by atoms with Gasteiger partial charge < -0.3 is 15.4 Å². The molecule has 2 aromatic rings. The van der Waals surface area contributed by atoms with Crippen LogP contribution in [0.1, 0.15) is 24.0 Å². The van der Waals surface area contributed by atoms with Crippen molar-refractivity contribution in [2.24, 2.45) is 0 Å². The molecule has 27 heavy (non-hydrogen) atoms. The third-order valence-corrected chi connectivity index (χ3v) is 4.32. The molecule has 0 aliphatic rings. The number of hydrogen-bond acceptors (Lipinski definition) is 4. The fourth-order valence-electron chi connectivity index (χ4n) is 2.27. The summed E-state index contributed by atoms with van der Waals surface area (Å²) in [5.74, 6) is -0.748. The van der Waals surface area contributed by atoms with E-state index < -0.39 is 5.97 Å². The van der Waals surface area contributed by atoms with Crippen molar-refractivity contribution < 1.29 is 14.3 Å². The van der Waals surface area contributed by atoms with Gasteiger partial charge in [-0.15, -0.1) is 0 Å². The molecule has 0 heterocycles. The van der Waals surface area contributed by atoms with Crippen molar-refractivity contribution in [1.82, 2.24) is 10.6 Å². The second kappa shape index (κ2) is 11.3. The summed E-state index contributed by atoms with van der Waals surface area (Å²) >= 11 is 11.1. The van der Waals surface area contributed by atoms with Crippen molar-refractivity contribution in [2.45, 2.75) is 25.8 Å². The molecule has 0 bridgehead atoms. The van der Waals surface area contributed by atoms with Crippen LogP contribution in [0.5, 0.6) is 0 Å². The van der Waals surface area contributed by atoms with E-state index in [9.17, 15) is 9.59 Å². The maximum absolute atomic E-state index is 11.9. The highest BCUT2D eigenvalue weighted by Crippen LogP contribution is 2.14. The molecule has 2 rings (SSSR count). The summed E-state index contributed by atoms with van der Waals surface area (Å²) < 4.78 is 5.14. The van der Waals surface area contributed by atoms with E-state index in [-0.39, 0.29) is 23.9 Å². The molecule has 2 N–H and O–H groups in total. The van der Waals surface area contributed by atoms with Crippen molar-refractivity contribution in [3.05, 3.63) is 70.7 Å². The summed E-state index contributed by atoms with van der Waals surface area (Å²) in [4.78, 5) is 23.6. The van der Waals surface area contributed by atoms with E-state index >= 15 is 0 Å². The molecule has 142 valence electrons. The first-order valence-corrected chi connectivity index (χ1v) is 9.34. The van der Waals surface area contributed by atoms with Gasteiger partial charge in [0.1, 0.15) is 0 Å². The number of hydrogen-bond donors (Lipinski definition) is 2. The minimum atomic E-state index is -0.406. The molecule has 0 radical (unpaired) electrons. The Morgan fingerprint density at radius 1 is 1.00 bits per heavy atom. The number of ether oxygens (including phenoxy) is 1. The average Bonchev–Trinajstić information content (AvgIpc) is 2.66. The lowest BCUT2D eigenvalue weighted by Crippen LogP contribution is -2.39. The minimum absolute atomic E-state index is 0.00769. The van der Waals surface area contributed by atoms with E-state index in [4.69, 9.17) is 28.6 Å². The van der Waals surface area contributed by atoms with Crippen molar-refractivity contribution in [3.8, 4) is 0 Å². The Bertz CT molecular complexity index is 784. The number of benzene rings is 2. The molecule has 1 amide bonds. The van der Waals surface area contributed by atoms with Crippen molar-refractivity contribution in [3.63, 3.8) is 0 Å². The zero-order valence-corrected chi connectivity index (χ0v) is 16.3. The van der Waals surface area contributed by atoms with Gasteiger partial charge in [0.15, 0.2) is 5.11 Å². The van der Waals surface area contributed by atoms with Crippen LogP contribution in [0.4, 0.5) is 0 Å². The van der Waals surface area contributed by atoms with Crippen molar-refractivity contribution in [2.75, 3.05) is 6.61 Å². The van der Waals surface area contributed by atoms with E-state index in [1.807, 2.05) is 48.5 Å². The normalized spacial score (nSPS) is 10.1. The van der Waals surface area contributed by atoms with Crippen LogP contribution < -0.4 is 10.6 Å². The van der Waals surface area contributed by atoms with Crippen LogP contribution in [0.25, 0.3) is 0 Å². The summed E-state index contributed by atoms with van der Waals surface area (Å²) in [7, 11) is 0. The maximum Gasteiger partial charge on any atom is 0.306 e. The average molecular weight is 405 g/mol. The molecule has 0 aliphatic heterocycles. The van der Waals surface area contributed by atoms with Gasteiger partial charge in [0.05, 0.1) is 13.0 Å². The van der Waals surface area contributed by atoms with Crippen LogP contribution in [0, 0.1) is 0 Å². The molecule has 0 aliphatic carbocycles. The number of thiocarbonyl (C=S) groups is 1. The fourth-order valence-corrected chi connectivity index (χ4v) is 2.65. The lowest BCUT2D eigenvalue weighted by molar-refractivity contribution is -0.144. The summed E-state index contributed by atoms with van der Waals surface area (Å²) in [6.45, 7) is 0.697. The van der Waals surface area contributed by atoms with Crippen molar-refractivity contribution in [1.29, 1.82) is 0 Å². The maximum atomic E-state index is 11.9. The fraction of sp³-hybridized carbons (Fsp3) is 0.250. The van der Waals surface area contributed by atoms with Crippen molar-refractivity contribution >= 4 is 40.8 Å². The van der Waals surface area contributed by atoms with E-state index in [1.165, 1.54) is 0 Å². The molecule has 0 saturated carbocycles. The Kier molecular flexibility index (Phi) is 8.74. The van der Waals surface area contributed by atoms with Gasteiger partial charge in [0.25, 0.3) is 0 Å². The highest BCUT2D eigenvalue weighted by atomic mass is 35.5. The van der Waals surface area contributed by atoms with Gasteiger partial charge in [-0.2, -0.15) is 0 Å². The van der Waals surface area contributed by atoms with Crippen LogP contribution in [0.3, 0.4) is 0 Å². The molecule has 5 nitrogen and oxygen atoms in total. The van der Waals surface area contributed by atoms with Crippen LogP contribution >= 0.6 is 23.8 Å². The summed E-state index contributed by atoms with van der Waals surface area (Å²) in [6.07, 6.45) is 0.667. The molecule has 0 saturated heterocycles. The molecular weight excluding hydrogens is 384 g/mol. The number of esters is 1. The lowest BCUT2D eigenvalue weighted by Gasteiger charge is -2.10. The van der Waals surface area contributed by atoms with Crippen LogP contribution in [-0.4, -0.2) is 23.6 Å². The Hall–Kier alpha value is -2.44. The zero-order valence-electron chi connectivity index (χ0n) is 14.7. The second-order valence-corrected chi connectivity index (χ2v) is 6.59. The van der Waals surface area contributed by atoms with E-state index in [0.717, 1.165) is 11.1 Å². The molecule has 7 heteroatoms. The predicted molar refractivity (Wildman–Crippen MR) is 109 cm³/mol. The minimum Gasteiger partial charge on any atom is -0.465 e. The number of nitrogens with one attached hydrogen (secondary N) is 2. The molecule has 0 unspecified atom stereocenters. The zero-order chi connectivity index (χ0) is 19.5. The third-order valence-electron chi connectivity index (χ3n) is 3.70. The largest absolute Gasteiger partial charge is 0.465 e. The van der Waals surface area contributed by atoms with Crippen LogP contribution in [0.15, 0.2) is 54.6 Å². The molecular formula is C20H21ClN2O3S. The lowest BCUT2D eigenvalue weighted by atomic mass is 10.2. The monoisotopic (exact) mass is 404 g/mol. The smallest absolute Gasteiger partial charge is 0.306 e. The van der Waals surface area contributed by atoms with Gasteiger partial charge in [-0.3, -0.25) is 9.59 Å². The van der Waals surface area contributed by atoms with E-state index in [1.54, 1.807) is 6.07 Å². The highest BCUT2D eigenvalue weighted by molar-refractivity contribution is 7.80. The molecule has 0 atom stereocenters. The number of halogens is 1. The Morgan fingerprint density at radius 2 is 1.70 bits per heavy atom. The summed E-state index contributed by atoms with van der Waals surface area (Å²) in [5.41, 5.74) is 1.97. The first kappa shape index (κ1) is 20.9. The van der Waals surface area contributed by atoms with Gasteiger partial charge in [-0.05, 0) is 29.4 Å². The topological polar surface area (TPSA) is 67.4 Å². The highest BCUT2D eigenvalue weighted by Gasteiger charge is 2.10. The Morgan fingerprint density at radius 3 is 2.44 bits per heavy atom. The van der Waals surface area contributed by atoms with Gasteiger partial charge in [0.2, 0.25) is 5.91 Å². The standard InChI is InChI=1S/C20H21ClN2O3S/c21-17-9-5-4-8-16(17)14-22-20(27)23-18(24)10-11-19(25)26-13-12-15-6-2-1-3-7-15/h1-9H,10-14H2,(H2,22,23,24,27). The molecule has 0 spiro atoms. The number of carbonyl (C=O) groups is 2. The van der Waals surface area contributed by atoms with Crippen LogP contribution in [-0.2, 0) is 27.3 Å². The molecule has 0 fully saturated rings. The molecule has 2 aromatic carbocycles. The quantitative estimate of drug-likeness (QED) is 0.521. The second-order valence-electron chi connectivity index (χ2n) is 5.78. The first-order chi connectivity index (χ1) is 13.0. The summed E-state index contributed by atoms with van der Waals surface area (Å²) in [6, 6.07) is 17.1.